The van der Waals surface area contributed by atoms with E-state index in [2.05, 4.69) is 172 Å². The number of rotatable bonds is 3. The van der Waals surface area contributed by atoms with E-state index in [-0.39, 0.29) is 10.8 Å². The quantitative estimate of drug-likeness (QED) is 0.211. The Morgan fingerprint density at radius 3 is 1.49 bits per heavy atom. The third-order valence-corrected chi connectivity index (χ3v) is 9.85. The van der Waals surface area contributed by atoms with Crippen LogP contribution in [-0.2, 0) is 10.8 Å². The molecule has 0 saturated heterocycles. The highest BCUT2D eigenvalue weighted by atomic mass is 15.2. The molecule has 1 aliphatic carbocycles. The molecule has 6 aromatic rings. The standard InChI is InChI=1S/C42H35N/c1-41(2)35-24-30(28-14-8-5-9-15-28)20-22-33(35)34-26-38-40(27-36(34)41)43(32-18-12-7-13-19-32)39-23-21-31(25-37(39)42(38,3)4)29-16-10-6-11-17-29/h5-27H,1-4H3. The molecule has 0 aromatic heterocycles. The maximum Gasteiger partial charge on any atom is 0.0506 e. The van der Waals surface area contributed by atoms with Crippen LogP contribution in [0.25, 0.3) is 33.4 Å². The maximum atomic E-state index is 2.51. The fourth-order valence-corrected chi connectivity index (χ4v) is 7.44. The summed E-state index contributed by atoms with van der Waals surface area (Å²) in [6.07, 6.45) is 0. The van der Waals surface area contributed by atoms with Gasteiger partial charge >= 0.3 is 0 Å². The van der Waals surface area contributed by atoms with Gasteiger partial charge in [0.2, 0.25) is 0 Å². The van der Waals surface area contributed by atoms with E-state index in [0.717, 1.165) is 0 Å². The normalized spacial score (nSPS) is 15.3. The maximum absolute atomic E-state index is 2.51. The van der Waals surface area contributed by atoms with Crippen LogP contribution in [0.1, 0.15) is 49.9 Å². The molecule has 43 heavy (non-hydrogen) atoms. The van der Waals surface area contributed by atoms with Gasteiger partial charge in [-0.3, -0.25) is 0 Å². The van der Waals surface area contributed by atoms with Gasteiger partial charge < -0.3 is 4.90 Å². The average Bonchev–Trinajstić information content (AvgIpc) is 3.27. The van der Waals surface area contributed by atoms with Crippen LogP contribution in [0.5, 0.6) is 0 Å². The number of nitrogens with zero attached hydrogens (tertiary/aromatic N) is 1. The first-order chi connectivity index (χ1) is 20.8. The van der Waals surface area contributed by atoms with Gasteiger partial charge in [0.25, 0.3) is 0 Å². The van der Waals surface area contributed by atoms with Crippen LogP contribution in [0.3, 0.4) is 0 Å². The molecular weight excluding hydrogens is 518 g/mol. The van der Waals surface area contributed by atoms with E-state index in [9.17, 15) is 0 Å². The topological polar surface area (TPSA) is 3.24 Å². The Morgan fingerprint density at radius 1 is 0.372 bits per heavy atom. The summed E-state index contributed by atoms with van der Waals surface area (Å²) in [6, 6.07) is 51.4. The van der Waals surface area contributed by atoms with Gasteiger partial charge in [0.1, 0.15) is 0 Å². The van der Waals surface area contributed by atoms with Crippen LogP contribution in [0.15, 0.2) is 140 Å². The molecule has 1 heterocycles. The number of hydrogen-bond acceptors (Lipinski definition) is 1. The summed E-state index contributed by atoms with van der Waals surface area (Å²) in [5.74, 6) is 0. The molecule has 0 bridgehead atoms. The van der Waals surface area contributed by atoms with Crippen molar-refractivity contribution in [2.75, 3.05) is 4.90 Å². The van der Waals surface area contributed by atoms with E-state index < -0.39 is 0 Å². The summed E-state index contributed by atoms with van der Waals surface area (Å²) < 4.78 is 0. The Bertz CT molecular complexity index is 2000. The minimum atomic E-state index is -0.188. The fourth-order valence-electron chi connectivity index (χ4n) is 7.44. The highest BCUT2D eigenvalue weighted by Crippen LogP contribution is 2.58. The van der Waals surface area contributed by atoms with Gasteiger partial charge in [0, 0.05) is 16.5 Å². The van der Waals surface area contributed by atoms with E-state index >= 15 is 0 Å². The first-order valence-electron chi connectivity index (χ1n) is 15.3. The summed E-state index contributed by atoms with van der Waals surface area (Å²) in [5.41, 5.74) is 16.7. The Hall–Kier alpha value is -4.88. The highest BCUT2D eigenvalue weighted by Gasteiger charge is 2.42. The number of hydrogen-bond donors (Lipinski definition) is 0. The molecule has 0 N–H and O–H groups in total. The molecular formula is C42H35N. The summed E-state index contributed by atoms with van der Waals surface area (Å²) in [7, 11) is 0. The Morgan fingerprint density at radius 2 is 0.860 bits per heavy atom. The second kappa shape index (κ2) is 9.31. The Labute approximate surface area is 255 Å². The van der Waals surface area contributed by atoms with Crippen molar-refractivity contribution in [3.63, 3.8) is 0 Å². The van der Waals surface area contributed by atoms with E-state index in [1.165, 1.54) is 72.7 Å². The summed E-state index contributed by atoms with van der Waals surface area (Å²) in [6.45, 7) is 9.57. The van der Waals surface area contributed by atoms with Gasteiger partial charge in [-0.1, -0.05) is 125 Å². The second-order valence-electron chi connectivity index (χ2n) is 13.1. The van der Waals surface area contributed by atoms with Gasteiger partial charge in [0.15, 0.2) is 0 Å². The van der Waals surface area contributed by atoms with Crippen molar-refractivity contribution in [2.24, 2.45) is 0 Å². The lowest BCUT2D eigenvalue weighted by Crippen LogP contribution is -2.31. The largest absolute Gasteiger partial charge is 0.310 e. The number of para-hydroxylation sites is 1. The van der Waals surface area contributed by atoms with Crippen molar-refractivity contribution < 1.29 is 0 Å². The van der Waals surface area contributed by atoms with Crippen molar-refractivity contribution in [2.45, 2.75) is 38.5 Å². The van der Waals surface area contributed by atoms with Crippen LogP contribution in [-0.4, -0.2) is 0 Å². The molecule has 8 rings (SSSR count). The first kappa shape index (κ1) is 25.8. The molecule has 0 amide bonds. The molecule has 208 valence electrons. The van der Waals surface area contributed by atoms with E-state index in [4.69, 9.17) is 0 Å². The number of fused-ring (bicyclic) bond motifs is 5. The molecule has 0 unspecified atom stereocenters. The van der Waals surface area contributed by atoms with E-state index in [0.29, 0.717) is 0 Å². The lowest BCUT2D eigenvalue weighted by molar-refractivity contribution is 0.627. The fraction of sp³-hybridized carbons (Fsp3) is 0.143. The van der Waals surface area contributed by atoms with Crippen LogP contribution < -0.4 is 4.90 Å². The molecule has 6 aromatic carbocycles. The summed E-state index contributed by atoms with van der Waals surface area (Å²) >= 11 is 0. The summed E-state index contributed by atoms with van der Waals surface area (Å²) in [4.78, 5) is 2.49. The number of benzene rings is 6. The van der Waals surface area contributed by atoms with Gasteiger partial charge in [-0.2, -0.15) is 0 Å². The van der Waals surface area contributed by atoms with Crippen molar-refractivity contribution in [3.8, 4) is 33.4 Å². The highest BCUT2D eigenvalue weighted by molar-refractivity contribution is 5.92. The van der Waals surface area contributed by atoms with Crippen LogP contribution in [0.2, 0.25) is 0 Å². The van der Waals surface area contributed by atoms with Gasteiger partial charge in [0.05, 0.1) is 11.4 Å². The average molecular weight is 554 g/mol. The zero-order valence-electron chi connectivity index (χ0n) is 25.2. The van der Waals surface area contributed by atoms with E-state index in [1.54, 1.807) is 0 Å². The number of anilines is 3. The molecule has 0 spiro atoms. The Balaban J connectivity index is 1.36. The SMILES string of the molecule is CC1(C)c2cc(-c3ccccc3)ccc2-c2cc3c(cc21)N(c1ccccc1)c1ccc(-c2ccccc2)cc1C3(C)C. The van der Waals surface area contributed by atoms with Crippen LogP contribution in [0.4, 0.5) is 17.1 Å². The minimum Gasteiger partial charge on any atom is -0.310 e. The lowest BCUT2D eigenvalue weighted by Gasteiger charge is -2.43. The van der Waals surface area contributed by atoms with Crippen molar-refractivity contribution in [1.82, 2.24) is 0 Å². The predicted molar refractivity (Wildman–Crippen MR) is 182 cm³/mol. The van der Waals surface area contributed by atoms with Crippen molar-refractivity contribution in [3.05, 3.63) is 162 Å². The van der Waals surface area contributed by atoms with Crippen molar-refractivity contribution >= 4 is 17.1 Å². The monoisotopic (exact) mass is 553 g/mol. The van der Waals surface area contributed by atoms with Gasteiger partial charge in [-0.25, -0.2) is 0 Å². The third kappa shape index (κ3) is 3.85. The van der Waals surface area contributed by atoms with Crippen molar-refractivity contribution in [1.29, 1.82) is 0 Å². The van der Waals surface area contributed by atoms with E-state index in [1.807, 2.05) is 0 Å². The zero-order valence-corrected chi connectivity index (χ0v) is 25.2. The zero-order chi connectivity index (χ0) is 29.3. The van der Waals surface area contributed by atoms with Crippen LogP contribution in [0, 0.1) is 0 Å². The molecule has 0 saturated carbocycles. The second-order valence-corrected chi connectivity index (χ2v) is 13.1. The smallest absolute Gasteiger partial charge is 0.0506 e. The predicted octanol–water partition coefficient (Wildman–Crippen LogP) is 11.4. The molecule has 1 nitrogen and oxygen atoms in total. The molecule has 2 aliphatic rings. The molecule has 0 radical (unpaired) electrons. The van der Waals surface area contributed by atoms with Crippen LogP contribution >= 0.6 is 0 Å². The molecule has 1 aliphatic heterocycles. The first-order valence-corrected chi connectivity index (χ1v) is 15.3. The molecule has 1 heteroatoms. The third-order valence-electron chi connectivity index (χ3n) is 9.85. The van der Waals surface area contributed by atoms with Gasteiger partial charge in [-0.05, 0) is 98.1 Å². The Kier molecular flexibility index (Phi) is 5.59. The lowest BCUT2D eigenvalue weighted by atomic mass is 9.71. The molecule has 0 fully saturated rings. The van der Waals surface area contributed by atoms with Gasteiger partial charge in [-0.15, -0.1) is 0 Å². The molecule has 0 atom stereocenters. The minimum absolute atomic E-state index is 0.117. The summed E-state index contributed by atoms with van der Waals surface area (Å²) in [5, 5.41) is 0.